The van der Waals surface area contributed by atoms with Crippen molar-refractivity contribution in [3.63, 3.8) is 0 Å². The summed E-state index contributed by atoms with van der Waals surface area (Å²) < 4.78 is 0. The van der Waals surface area contributed by atoms with E-state index in [1.165, 1.54) is 5.56 Å². The van der Waals surface area contributed by atoms with Gasteiger partial charge in [0.15, 0.2) is 0 Å². The fourth-order valence-corrected chi connectivity index (χ4v) is 2.94. The summed E-state index contributed by atoms with van der Waals surface area (Å²) in [6.45, 7) is 6.12. The molecular weight excluding hydrogens is 210 g/mol. The van der Waals surface area contributed by atoms with Crippen LogP contribution in [0.2, 0.25) is 0 Å². The van der Waals surface area contributed by atoms with Crippen molar-refractivity contribution >= 4 is 6.29 Å². The molecule has 0 bridgehead atoms. The number of carbonyl (C=O) groups is 1. The second kappa shape index (κ2) is 5.46. The largest absolute Gasteiger partial charge is 0.302 e. The zero-order chi connectivity index (χ0) is 12.3. The molecule has 0 aromatic heterocycles. The van der Waals surface area contributed by atoms with Crippen LogP contribution in [-0.4, -0.2) is 30.3 Å². The number of aldehydes is 1. The maximum Gasteiger partial charge on any atom is 0.133 e. The first kappa shape index (κ1) is 12.3. The van der Waals surface area contributed by atoms with E-state index in [9.17, 15) is 4.79 Å². The summed E-state index contributed by atoms with van der Waals surface area (Å²) in [6.07, 6.45) is 2.17. The van der Waals surface area contributed by atoms with Crippen LogP contribution in [0.4, 0.5) is 0 Å². The summed E-state index contributed by atoms with van der Waals surface area (Å²) in [7, 11) is 0. The Kier molecular flexibility index (Phi) is 3.95. The lowest BCUT2D eigenvalue weighted by Gasteiger charge is -2.41. The zero-order valence-electron chi connectivity index (χ0n) is 10.7. The third kappa shape index (κ3) is 2.75. The summed E-state index contributed by atoms with van der Waals surface area (Å²) in [5.74, 6) is 1.25. The third-order valence-corrected chi connectivity index (χ3v) is 3.96. The molecule has 1 aromatic carbocycles. The minimum atomic E-state index is 0.501. The monoisotopic (exact) mass is 231 g/mol. The number of rotatable bonds is 3. The molecule has 1 aliphatic heterocycles. The summed E-state index contributed by atoms with van der Waals surface area (Å²) in [6, 6.07) is 11.3. The predicted octanol–water partition coefficient (Wildman–Crippen LogP) is 2.70. The molecule has 1 saturated heterocycles. The SMILES string of the molecule is CC1CN(CC=O)C(C)CC1c1ccccc1. The highest BCUT2D eigenvalue weighted by Crippen LogP contribution is 2.35. The van der Waals surface area contributed by atoms with Crippen LogP contribution in [0.1, 0.15) is 31.7 Å². The summed E-state index contributed by atoms with van der Waals surface area (Å²) in [5, 5.41) is 0. The lowest BCUT2D eigenvalue weighted by molar-refractivity contribution is -0.109. The standard InChI is InChI=1S/C15H21NO/c1-12-11-16(8-9-17)13(2)10-15(12)14-6-4-3-5-7-14/h3-7,9,12-13,15H,8,10-11H2,1-2H3. The molecule has 0 radical (unpaired) electrons. The molecule has 0 saturated carbocycles. The van der Waals surface area contributed by atoms with E-state index in [0.29, 0.717) is 24.4 Å². The van der Waals surface area contributed by atoms with Gasteiger partial charge in [-0.05, 0) is 30.7 Å². The molecule has 1 heterocycles. The van der Waals surface area contributed by atoms with Gasteiger partial charge < -0.3 is 4.79 Å². The molecule has 1 aromatic rings. The summed E-state index contributed by atoms with van der Waals surface area (Å²) in [5.41, 5.74) is 1.44. The van der Waals surface area contributed by atoms with Gasteiger partial charge in [0.1, 0.15) is 6.29 Å². The van der Waals surface area contributed by atoms with E-state index in [-0.39, 0.29) is 0 Å². The first-order valence-corrected chi connectivity index (χ1v) is 6.45. The van der Waals surface area contributed by atoms with Crippen molar-refractivity contribution in [3.8, 4) is 0 Å². The van der Waals surface area contributed by atoms with Crippen LogP contribution in [0, 0.1) is 5.92 Å². The molecular formula is C15H21NO. The average Bonchev–Trinajstić information content (AvgIpc) is 2.35. The van der Waals surface area contributed by atoms with Crippen molar-refractivity contribution in [3.05, 3.63) is 35.9 Å². The molecule has 0 N–H and O–H groups in total. The van der Waals surface area contributed by atoms with Crippen LogP contribution < -0.4 is 0 Å². The van der Waals surface area contributed by atoms with Gasteiger partial charge in [-0.15, -0.1) is 0 Å². The number of nitrogens with zero attached hydrogens (tertiary/aromatic N) is 1. The Labute approximate surface area is 104 Å². The summed E-state index contributed by atoms with van der Waals surface area (Å²) >= 11 is 0. The number of hydrogen-bond donors (Lipinski definition) is 0. The van der Waals surface area contributed by atoms with Gasteiger partial charge in [0.25, 0.3) is 0 Å². The van der Waals surface area contributed by atoms with Crippen LogP contribution in [0.3, 0.4) is 0 Å². The Hall–Kier alpha value is -1.15. The molecule has 92 valence electrons. The Morgan fingerprint density at radius 3 is 2.65 bits per heavy atom. The molecule has 1 aliphatic rings. The number of likely N-dealkylation sites (tertiary alicyclic amines) is 1. The molecule has 17 heavy (non-hydrogen) atoms. The van der Waals surface area contributed by atoms with Gasteiger partial charge in [0, 0.05) is 12.6 Å². The van der Waals surface area contributed by atoms with Crippen molar-refractivity contribution in [2.75, 3.05) is 13.1 Å². The molecule has 2 nitrogen and oxygen atoms in total. The molecule has 2 rings (SSSR count). The van der Waals surface area contributed by atoms with E-state index >= 15 is 0 Å². The highest BCUT2D eigenvalue weighted by molar-refractivity contribution is 5.52. The smallest absolute Gasteiger partial charge is 0.133 e. The van der Waals surface area contributed by atoms with E-state index in [1.807, 2.05) is 0 Å². The predicted molar refractivity (Wildman–Crippen MR) is 70.1 cm³/mol. The quantitative estimate of drug-likeness (QED) is 0.745. The van der Waals surface area contributed by atoms with Crippen molar-refractivity contribution in [1.29, 1.82) is 0 Å². The fourth-order valence-electron chi connectivity index (χ4n) is 2.94. The Morgan fingerprint density at radius 2 is 2.00 bits per heavy atom. The topological polar surface area (TPSA) is 20.3 Å². The highest BCUT2D eigenvalue weighted by atomic mass is 16.1. The van der Waals surface area contributed by atoms with E-state index in [0.717, 1.165) is 19.3 Å². The lowest BCUT2D eigenvalue weighted by atomic mass is 9.79. The van der Waals surface area contributed by atoms with E-state index in [4.69, 9.17) is 0 Å². The van der Waals surface area contributed by atoms with E-state index in [1.54, 1.807) is 0 Å². The first-order chi connectivity index (χ1) is 8.22. The van der Waals surface area contributed by atoms with Crippen LogP contribution in [0.5, 0.6) is 0 Å². The zero-order valence-corrected chi connectivity index (χ0v) is 10.7. The van der Waals surface area contributed by atoms with Crippen molar-refractivity contribution in [1.82, 2.24) is 4.90 Å². The fraction of sp³-hybridized carbons (Fsp3) is 0.533. The molecule has 3 atom stereocenters. The van der Waals surface area contributed by atoms with Gasteiger partial charge in [-0.25, -0.2) is 0 Å². The Balaban J connectivity index is 2.10. The summed E-state index contributed by atoms with van der Waals surface area (Å²) in [4.78, 5) is 12.9. The molecule has 3 unspecified atom stereocenters. The number of hydrogen-bond acceptors (Lipinski definition) is 2. The second-order valence-corrected chi connectivity index (χ2v) is 5.20. The Bertz CT molecular complexity index is 362. The van der Waals surface area contributed by atoms with Crippen LogP contribution in [0.25, 0.3) is 0 Å². The third-order valence-electron chi connectivity index (χ3n) is 3.96. The number of benzene rings is 1. The first-order valence-electron chi connectivity index (χ1n) is 6.45. The lowest BCUT2D eigenvalue weighted by Crippen LogP contribution is -2.45. The van der Waals surface area contributed by atoms with Gasteiger partial charge in [0.2, 0.25) is 0 Å². The van der Waals surface area contributed by atoms with E-state index in [2.05, 4.69) is 49.1 Å². The highest BCUT2D eigenvalue weighted by Gasteiger charge is 2.31. The second-order valence-electron chi connectivity index (χ2n) is 5.20. The van der Waals surface area contributed by atoms with Crippen molar-refractivity contribution in [2.24, 2.45) is 5.92 Å². The van der Waals surface area contributed by atoms with Crippen LogP contribution in [-0.2, 0) is 4.79 Å². The molecule has 0 spiro atoms. The Morgan fingerprint density at radius 1 is 1.29 bits per heavy atom. The van der Waals surface area contributed by atoms with Crippen molar-refractivity contribution < 1.29 is 4.79 Å². The molecule has 0 aliphatic carbocycles. The average molecular weight is 231 g/mol. The molecule has 1 fully saturated rings. The van der Waals surface area contributed by atoms with Gasteiger partial charge in [-0.1, -0.05) is 37.3 Å². The number of carbonyl (C=O) groups excluding carboxylic acids is 1. The van der Waals surface area contributed by atoms with Gasteiger partial charge in [0.05, 0.1) is 6.54 Å². The normalized spacial score (nSPS) is 30.1. The maximum absolute atomic E-state index is 10.6. The van der Waals surface area contributed by atoms with E-state index < -0.39 is 0 Å². The minimum Gasteiger partial charge on any atom is -0.302 e. The van der Waals surface area contributed by atoms with Gasteiger partial charge >= 0.3 is 0 Å². The molecule has 0 amide bonds. The van der Waals surface area contributed by atoms with Crippen LogP contribution in [0.15, 0.2) is 30.3 Å². The van der Waals surface area contributed by atoms with Crippen LogP contribution >= 0.6 is 0 Å². The number of piperidine rings is 1. The maximum atomic E-state index is 10.6. The van der Waals surface area contributed by atoms with Gasteiger partial charge in [-0.2, -0.15) is 0 Å². The molecule has 2 heteroatoms. The van der Waals surface area contributed by atoms with Gasteiger partial charge in [-0.3, -0.25) is 4.90 Å². The van der Waals surface area contributed by atoms with Crippen molar-refractivity contribution in [2.45, 2.75) is 32.2 Å². The minimum absolute atomic E-state index is 0.501.